The summed E-state index contributed by atoms with van der Waals surface area (Å²) < 4.78 is 0. The van der Waals surface area contributed by atoms with Crippen molar-refractivity contribution in [3.63, 3.8) is 0 Å². The maximum Gasteiger partial charge on any atom is 0.126 e. The Balaban J connectivity index is 3.33. The second kappa shape index (κ2) is 2.85. The van der Waals surface area contributed by atoms with E-state index in [4.69, 9.17) is 11.1 Å². The standard InChI is InChI=1S/C9H12N2O/c1-5-3-7(9(10)11)8(12)4-6(5)2/h3-4,12H,1-2H3,(H3,10,11). The molecule has 4 N–H and O–H groups in total. The first-order valence-corrected chi connectivity index (χ1v) is 3.67. The molecular formula is C9H12N2O. The summed E-state index contributed by atoms with van der Waals surface area (Å²) in [5, 5.41) is 16.5. The van der Waals surface area contributed by atoms with Gasteiger partial charge < -0.3 is 10.8 Å². The van der Waals surface area contributed by atoms with E-state index in [1.807, 2.05) is 13.8 Å². The highest BCUT2D eigenvalue weighted by molar-refractivity contribution is 5.97. The van der Waals surface area contributed by atoms with Crippen LogP contribution >= 0.6 is 0 Å². The zero-order valence-electron chi connectivity index (χ0n) is 7.18. The molecule has 0 atom stereocenters. The molecule has 0 heterocycles. The summed E-state index contributed by atoms with van der Waals surface area (Å²) >= 11 is 0. The van der Waals surface area contributed by atoms with Gasteiger partial charge in [-0.1, -0.05) is 0 Å². The molecule has 0 aromatic heterocycles. The van der Waals surface area contributed by atoms with Gasteiger partial charge in [0.05, 0.1) is 5.56 Å². The van der Waals surface area contributed by atoms with E-state index in [-0.39, 0.29) is 11.6 Å². The summed E-state index contributed by atoms with van der Waals surface area (Å²) in [5.41, 5.74) is 7.68. The number of phenolic OH excluding ortho intramolecular Hbond substituents is 1. The lowest BCUT2D eigenvalue weighted by Crippen LogP contribution is -2.11. The van der Waals surface area contributed by atoms with Gasteiger partial charge in [-0.05, 0) is 37.1 Å². The minimum Gasteiger partial charge on any atom is -0.507 e. The molecule has 1 aromatic carbocycles. The van der Waals surface area contributed by atoms with Crippen LogP contribution < -0.4 is 5.73 Å². The first kappa shape index (κ1) is 8.59. The van der Waals surface area contributed by atoms with Crippen LogP contribution in [0.2, 0.25) is 0 Å². The van der Waals surface area contributed by atoms with Gasteiger partial charge in [-0.15, -0.1) is 0 Å². The van der Waals surface area contributed by atoms with Crippen molar-refractivity contribution in [2.45, 2.75) is 13.8 Å². The average molecular weight is 164 g/mol. The number of nitrogens with one attached hydrogen (secondary N) is 1. The number of rotatable bonds is 1. The first-order valence-electron chi connectivity index (χ1n) is 3.67. The summed E-state index contributed by atoms with van der Waals surface area (Å²) in [6.45, 7) is 3.82. The summed E-state index contributed by atoms with van der Waals surface area (Å²) in [4.78, 5) is 0. The molecule has 0 aliphatic heterocycles. The lowest BCUT2D eigenvalue weighted by molar-refractivity contribution is 0.473. The third-order valence-corrected chi connectivity index (χ3v) is 1.90. The van der Waals surface area contributed by atoms with Gasteiger partial charge in [0.2, 0.25) is 0 Å². The van der Waals surface area contributed by atoms with Crippen LogP contribution in [0.1, 0.15) is 16.7 Å². The highest BCUT2D eigenvalue weighted by Crippen LogP contribution is 2.20. The Hall–Kier alpha value is -1.51. The molecule has 12 heavy (non-hydrogen) atoms. The van der Waals surface area contributed by atoms with E-state index in [0.717, 1.165) is 11.1 Å². The van der Waals surface area contributed by atoms with Crippen molar-refractivity contribution in [3.05, 3.63) is 28.8 Å². The van der Waals surface area contributed by atoms with Crippen LogP contribution in [0.3, 0.4) is 0 Å². The molecule has 64 valence electrons. The fourth-order valence-corrected chi connectivity index (χ4v) is 1.02. The van der Waals surface area contributed by atoms with Crippen LogP contribution in [0.25, 0.3) is 0 Å². The predicted molar refractivity (Wildman–Crippen MR) is 48.6 cm³/mol. The van der Waals surface area contributed by atoms with Crippen LogP contribution in [-0.4, -0.2) is 10.9 Å². The molecule has 3 nitrogen and oxygen atoms in total. The molecule has 0 bridgehead atoms. The summed E-state index contributed by atoms with van der Waals surface area (Å²) in [6.07, 6.45) is 0. The molecule has 0 amide bonds. The quantitative estimate of drug-likeness (QED) is 0.432. The van der Waals surface area contributed by atoms with Gasteiger partial charge in [-0.3, -0.25) is 5.41 Å². The van der Waals surface area contributed by atoms with Crippen molar-refractivity contribution in [2.75, 3.05) is 0 Å². The zero-order valence-corrected chi connectivity index (χ0v) is 7.18. The molecular weight excluding hydrogens is 152 g/mol. The number of nitrogen functional groups attached to an aromatic ring is 1. The molecule has 0 saturated carbocycles. The topological polar surface area (TPSA) is 70.1 Å². The third kappa shape index (κ3) is 1.39. The monoisotopic (exact) mass is 164 g/mol. The molecule has 0 unspecified atom stereocenters. The highest BCUT2D eigenvalue weighted by Gasteiger charge is 2.05. The van der Waals surface area contributed by atoms with Gasteiger partial charge in [0.1, 0.15) is 11.6 Å². The maximum atomic E-state index is 9.37. The number of aryl methyl sites for hydroxylation is 2. The van der Waals surface area contributed by atoms with E-state index < -0.39 is 0 Å². The van der Waals surface area contributed by atoms with Crippen molar-refractivity contribution in [3.8, 4) is 5.75 Å². The normalized spacial score (nSPS) is 9.83. The molecule has 1 rings (SSSR count). The largest absolute Gasteiger partial charge is 0.507 e. The second-order valence-corrected chi connectivity index (χ2v) is 2.87. The van der Waals surface area contributed by atoms with Crippen molar-refractivity contribution in [2.24, 2.45) is 5.73 Å². The molecule has 1 aromatic rings. The average Bonchev–Trinajstić information content (AvgIpc) is 1.96. The number of hydrogen-bond acceptors (Lipinski definition) is 2. The van der Waals surface area contributed by atoms with Crippen LogP contribution in [0.4, 0.5) is 0 Å². The van der Waals surface area contributed by atoms with Crippen molar-refractivity contribution >= 4 is 5.84 Å². The van der Waals surface area contributed by atoms with Gasteiger partial charge >= 0.3 is 0 Å². The van der Waals surface area contributed by atoms with Gasteiger partial charge in [0.25, 0.3) is 0 Å². The van der Waals surface area contributed by atoms with Crippen LogP contribution in [-0.2, 0) is 0 Å². The number of aromatic hydroxyl groups is 1. The summed E-state index contributed by atoms with van der Waals surface area (Å²) in [5.74, 6) is -0.0267. The molecule has 0 spiro atoms. The number of benzene rings is 1. The molecule has 0 aliphatic rings. The van der Waals surface area contributed by atoms with E-state index in [1.165, 1.54) is 0 Å². The number of phenols is 1. The summed E-state index contributed by atoms with van der Waals surface area (Å²) in [6, 6.07) is 3.33. The van der Waals surface area contributed by atoms with Gasteiger partial charge in [0.15, 0.2) is 0 Å². The van der Waals surface area contributed by atoms with Crippen molar-refractivity contribution in [1.82, 2.24) is 0 Å². The lowest BCUT2D eigenvalue weighted by Gasteiger charge is -2.06. The van der Waals surface area contributed by atoms with E-state index in [2.05, 4.69) is 0 Å². The van der Waals surface area contributed by atoms with E-state index >= 15 is 0 Å². The first-order chi connectivity index (χ1) is 5.52. The SMILES string of the molecule is Cc1cc(O)c(C(=N)N)cc1C. The van der Waals surface area contributed by atoms with Crippen LogP contribution in [0.15, 0.2) is 12.1 Å². The Morgan fingerprint density at radius 3 is 2.33 bits per heavy atom. The predicted octanol–water partition coefficient (Wildman–Crippen LogP) is 1.29. The van der Waals surface area contributed by atoms with E-state index in [9.17, 15) is 5.11 Å². The fourth-order valence-electron chi connectivity index (χ4n) is 1.02. The fraction of sp³-hybridized carbons (Fsp3) is 0.222. The second-order valence-electron chi connectivity index (χ2n) is 2.87. The van der Waals surface area contributed by atoms with Gasteiger partial charge in [0, 0.05) is 0 Å². The molecule has 0 radical (unpaired) electrons. The number of hydrogen-bond donors (Lipinski definition) is 3. The molecule has 0 saturated heterocycles. The summed E-state index contributed by atoms with van der Waals surface area (Å²) in [7, 11) is 0. The zero-order chi connectivity index (χ0) is 9.30. The van der Waals surface area contributed by atoms with E-state index in [0.29, 0.717) is 5.56 Å². The van der Waals surface area contributed by atoms with Crippen molar-refractivity contribution < 1.29 is 5.11 Å². The maximum absolute atomic E-state index is 9.37. The number of amidine groups is 1. The molecule has 0 aliphatic carbocycles. The Bertz CT molecular complexity index is 332. The van der Waals surface area contributed by atoms with Gasteiger partial charge in [-0.25, -0.2) is 0 Å². The third-order valence-electron chi connectivity index (χ3n) is 1.90. The smallest absolute Gasteiger partial charge is 0.126 e. The Morgan fingerprint density at radius 2 is 1.83 bits per heavy atom. The van der Waals surface area contributed by atoms with Crippen molar-refractivity contribution in [1.29, 1.82) is 5.41 Å². The molecule has 0 fully saturated rings. The van der Waals surface area contributed by atoms with E-state index in [1.54, 1.807) is 12.1 Å². The Labute approximate surface area is 71.3 Å². The number of nitrogens with two attached hydrogens (primary N) is 1. The minimum absolute atomic E-state index is 0.0746. The Morgan fingerprint density at radius 1 is 1.33 bits per heavy atom. The van der Waals surface area contributed by atoms with Gasteiger partial charge in [-0.2, -0.15) is 0 Å². The highest BCUT2D eigenvalue weighted by atomic mass is 16.3. The molecule has 3 heteroatoms. The minimum atomic E-state index is -0.101. The Kier molecular flexibility index (Phi) is 2.04. The van der Waals surface area contributed by atoms with Crippen LogP contribution in [0.5, 0.6) is 5.75 Å². The van der Waals surface area contributed by atoms with Crippen LogP contribution in [0, 0.1) is 19.3 Å². The lowest BCUT2D eigenvalue weighted by atomic mass is 10.0.